The third-order valence-electron chi connectivity index (χ3n) is 10.3. The number of rotatable bonds is 9. The van der Waals surface area contributed by atoms with Crippen molar-refractivity contribution in [2.75, 3.05) is 44.3 Å². The van der Waals surface area contributed by atoms with Gasteiger partial charge in [-0.15, -0.1) is 0 Å². The molecule has 2 aliphatic rings. The van der Waals surface area contributed by atoms with Crippen LogP contribution in [0.2, 0.25) is 0 Å². The predicted octanol–water partition coefficient (Wildman–Crippen LogP) is 6.13. The Morgan fingerprint density at radius 3 is 2.38 bits per heavy atom. The number of hydrogen-bond donors (Lipinski definition) is 1. The maximum absolute atomic E-state index is 14.3. The summed E-state index contributed by atoms with van der Waals surface area (Å²) >= 11 is 0. The Morgan fingerprint density at radius 2 is 1.67 bits per heavy atom. The number of aromatic nitrogens is 3. The van der Waals surface area contributed by atoms with E-state index in [1.165, 1.54) is 0 Å². The molecule has 2 saturated heterocycles. The number of carbonyl (C=O) groups is 2. The Morgan fingerprint density at radius 1 is 0.938 bits per heavy atom. The highest BCUT2D eigenvalue weighted by Gasteiger charge is 2.35. The molecule has 1 unspecified atom stereocenters. The molecule has 5 heterocycles. The molecule has 2 aromatic carbocycles. The van der Waals surface area contributed by atoms with Crippen LogP contribution in [0.1, 0.15) is 53.1 Å². The van der Waals surface area contributed by atoms with Crippen LogP contribution >= 0.6 is 0 Å². The van der Waals surface area contributed by atoms with E-state index in [2.05, 4.69) is 63.8 Å². The average Bonchev–Trinajstić information content (AvgIpc) is 3.42. The molecule has 7 rings (SSSR count). The van der Waals surface area contributed by atoms with Gasteiger partial charge in [-0.05, 0) is 79.5 Å². The molecule has 5 aromatic rings. The van der Waals surface area contributed by atoms with Crippen molar-refractivity contribution in [3.63, 3.8) is 0 Å². The summed E-state index contributed by atoms with van der Waals surface area (Å²) in [6, 6.07) is 22.9. The van der Waals surface area contributed by atoms with Crippen LogP contribution in [0.15, 0.2) is 72.9 Å². The first-order valence-electron chi connectivity index (χ1n) is 17.1. The van der Waals surface area contributed by atoms with E-state index in [-0.39, 0.29) is 24.2 Å². The second-order valence-corrected chi connectivity index (χ2v) is 13.2. The third-order valence-corrected chi connectivity index (χ3v) is 10.3. The molecule has 0 saturated carbocycles. The van der Waals surface area contributed by atoms with Gasteiger partial charge in [0, 0.05) is 75.0 Å². The molecule has 248 valence electrons. The summed E-state index contributed by atoms with van der Waals surface area (Å²) in [4.78, 5) is 39.5. The van der Waals surface area contributed by atoms with E-state index in [0.29, 0.717) is 39.3 Å². The second-order valence-electron chi connectivity index (χ2n) is 13.2. The number of aliphatic carboxylic acids is 1. The summed E-state index contributed by atoms with van der Waals surface area (Å²) in [6.45, 7) is 9.00. The van der Waals surface area contributed by atoms with Crippen molar-refractivity contribution in [3.8, 4) is 0 Å². The van der Waals surface area contributed by atoms with Crippen LogP contribution < -0.4 is 4.90 Å². The highest BCUT2D eigenvalue weighted by molar-refractivity contribution is 6.08. The van der Waals surface area contributed by atoms with Crippen LogP contribution in [-0.2, 0) is 27.3 Å². The molecule has 0 bridgehead atoms. The Hall–Kier alpha value is -4.76. The van der Waals surface area contributed by atoms with E-state index in [9.17, 15) is 14.7 Å². The minimum absolute atomic E-state index is 0.0820. The zero-order valence-corrected chi connectivity index (χ0v) is 27.8. The summed E-state index contributed by atoms with van der Waals surface area (Å²) in [6.07, 6.45) is 4.12. The van der Waals surface area contributed by atoms with E-state index in [1.807, 2.05) is 42.3 Å². The number of carboxylic acid groups (broad SMARTS) is 1. The lowest BCUT2D eigenvalue weighted by Gasteiger charge is -2.39. The van der Waals surface area contributed by atoms with E-state index in [0.717, 1.165) is 81.6 Å². The maximum Gasteiger partial charge on any atom is 0.303 e. The molecule has 1 N–H and O–H groups in total. The van der Waals surface area contributed by atoms with Gasteiger partial charge in [-0.25, -0.2) is 9.97 Å². The largest absolute Gasteiger partial charge is 0.481 e. The summed E-state index contributed by atoms with van der Waals surface area (Å²) in [5, 5.41) is 11.5. The topological polar surface area (TPSA) is 101 Å². The van der Waals surface area contributed by atoms with Crippen molar-refractivity contribution >= 4 is 39.6 Å². The number of pyridine rings is 2. The van der Waals surface area contributed by atoms with Gasteiger partial charge in [-0.1, -0.05) is 48.5 Å². The van der Waals surface area contributed by atoms with E-state index < -0.39 is 5.97 Å². The van der Waals surface area contributed by atoms with Gasteiger partial charge >= 0.3 is 5.97 Å². The maximum atomic E-state index is 14.3. The number of hydrogen-bond acceptors (Lipinski definition) is 6. The molecule has 2 fully saturated rings. The molecule has 9 nitrogen and oxygen atoms in total. The van der Waals surface area contributed by atoms with Gasteiger partial charge in [-0.2, -0.15) is 0 Å². The van der Waals surface area contributed by atoms with Crippen molar-refractivity contribution in [3.05, 3.63) is 101 Å². The lowest BCUT2D eigenvalue weighted by atomic mass is 9.80. The number of fused-ring (bicyclic) bond motifs is 3. The second kappa shape index (κ2) is 13.8. The number of aryl methyl sites for hydroxylation is 2. The molecule has 3 aromatic heterocycles. The molecule has 2 aliphatic heterocycles. The predicted molar refractivity (Wildman–Crippen MR) is 188 cm³/mol. The lowest BCUT2D eigenvalue weighted by molar-refractivity contribution is -0.137. The smallest absolute Gasteiger partial charge is 0.303 e. The van der Waals surface area contributed by atoms with E-state index >= 15 is 0 Å². The van der Waals surface area contributed by atoms with E-state index in [4.69, 9.17) is 9.72 Å². The summed E-state index contributed by atoms with van der Waals surface area (Å²) in [5.74, 6) is 0.418. The van der Waals surface area contributed by atoms with Gasteiger partial charge in [0.25, 0.3) is 0 Å². The first kappa shape index (κ1) is 31.8. The minimum atomic E-state index is -0.802. The number of anilines is 1. The van der Waals surface area contributed by atoms with Crippen LogP contribution in [0.3, 0.4) is 0 Å². The highest BCUT2D eigenvalue weighted by Crippen LogP contribution is 2.36. The van der Waals surface area contributed by atoms with Crippen molar-refractivity contribution in [2.24, 2.45) is 5.92 Å². The molecule has 1 amide bonds. The monoisotopic (exact) mass is 645 g/mol. The van der Waals surface area contributed by atoms with Crippen molar-refractivity contribution in [2.45, 2.75) is 52.0 Å². The van der Waals surface area contributed by atoms with Crippen LogP contribution in [0, 0.1) is 19.8 Å². The Labute approximate surface area is 281 Å². The zero-order chi connectivity index (χ0) is 33.2. The standard InChI is InChI=1S/C39H43N5O4/c1-26-31(14-15-35(45)46)27(2)41-38-36(26)32-7-3-4-8-33(32)44(38)25-28-10-12-29(13-11-28)37(30-16-23-48-24-17-30)39(47)43-21-19-42(20-22-43)34-9-5-6-18-40-34/h3-13,18,30,37H,14-17,19-25H2,1-2H3,(H,45,46). The number of nitrogens with zero attached hydrogens (tertiary/aromatic N) is 5. The number of ether oxygens (including phenoxy) is 1. The fraction of sp³-hybridized carbons (Fsp3) is 0.385. The lowest BCUT2D eigenvalue weighted by Crippen LogP contribution is -2.51. The molecule has 48 heavy (non-hydrogen) atoms. The summed E-state index contributed by atoms with van der Waals surface area (Å²) < 4.78 is 7.96. The van der Waals surface area contributed by atoms with Gasteiger partial charge in [0.1, 0.15) is 11.5 Å². The quantitative estimate of drug-likeness (QED) is 0.206. The van der Waals surface area contributed by atoms with E-state index in [1.54, 1.807) is 0 Å². The number of amides is 1. The number of carbonyl (C=O) groups excluding carboxylic acids is 1. The Balaban J connectivity index is 1.16. The Kier molecular flexibility index (Phi) is 9.13. The number of carboxylic acids is 1. The van der Waals surface area contributed by atoms with Gasteiger partial charge in [0.05, 0.1) is 11.4 Å². The van der Waals surface area contributed by atoms with Crippen LogP contribution in [0.4, 0.5) is 5.82 Å². The van der Waals surface area contributed by atoms with Gasteiger partial charge in [0.15, 0.2) is 0 Å². The molecule has 0 radical (unpaired) electrons. The van der Waals surface area contributed by atoms with Crippen molar-refractivity contribution < 1.29 is 19.4 Å². The first-order chi connectivity index (χ1) is 23.4. The van der Waals surface area contributed by atoms with Crippen molar-refractivity contribution in [1.29, 1.82) is 0 Å². The summed E-state index contributed by atoms with van der Waals surface area (Å²) in [5.41, 5.74) is 7.20. The van der Waals surface area contributed by atoms with Gasteiger partial charge < -0.3 is 24.2 Å². The molecule has 0 aliphatic carbocycles. The SMILES string of the molecule is Cc1nc2c(c(C)c1CCC(=O)O)c1ccccc1n2Cc1ccc(C(C(=O)N2CCN(c3ccccn3)CC2)C2CCOCC2)cc1. The third kappa shape index (κ3) is 6.27. The average molecular weight is 646 g/mol. The molecule has 0 spiro atoms. The number of piperazine rings is 1. The fourth-order valence-electron chi connectivity index (χ4n) is 7.76. The van der Waals surface area contributed by atoms with Gasteiger partial charge in [0.2, 0.25) is 5.91 Å². The fourth-order valence-corrected chi connectivity index (χ4v) is 7.76. The van der Waals surface area contributed by atoms with Crippen LogP contribution in [-0.4, -0.2) is 75.8 Å². The Bertz CT molecular complexity index is 1920. The summed E-state index contributed by atoms with van der Waals surface area (Å²) in [7, 11) is 0. The molecular weight excluding hydrogens is 602 g/mol. The number of para-hydroxylation sites is 1. The van der Waals surface area contributed by atoms with Crippen LogP contribution in [0.5, 0.6) is 0 Å². The number of benzene rings is 2. The minimum Gasteiger partial charge on any atom is -0.481 e. The highest BCUT2D eigenvalue weighted by atomic mass is 16.5. The van der Waals surface area contributed by atoms with Crippen molar-refractivity contribution in [1.82, 2.24) is 19.4 Å². The normalized spacial score (nSPS) is 16.5. The first-order valence-corrected chi connectivity index (χ1v) is 17.1. The molecule has 1 atom stereocenters. The zero-order valence-electron chi connectivity index (χ0n) is 27.8. The molecule has 9 heteroatoms. The molecular formula is C39H43N5O4. The van der Waals surface area contributed by atoms with Crippen LogP contribution in [0.25, 0.3) is 21.9 Å². The van der Waals surface area contributed by atoms with Gasteiger partial charge in [-0.3, -0.25) is 9.59 Å².